The van der Waals surface area contributed by atoms with E-state index in [0.717, 1.165) is 0 Å². The molecule has 2 aromatic rings. The second-order valence-electron chi connectivity index (χ2n) is 10.9. The van der Waals surface area contributed by atoms with Crippen LogP contribution >= 0.6 is 0 Å². The van der Waals surface area contributed by atoms with Gasteiger partial charge in [-0.25, -0.2) is 4.79 Å². The maximum absolute atomic E-state index is 14.0. The number of alkyl carbamates (subject to hydrolysis) is 1. The normalized spacial score (nSPS) is 13.0. The minimum atomic E-state index is -1.05. The summed E-state index contributed by atoms with van der Waals surface area (Å²) in [7, 11) is 1.55. The molecule has 0 heterocycles. The van der Waals surface area contributed by atoms with Crippen molar-refractivity contribution >= 4 is 23.6 Å². The zero-order valence-corrected chi connectivity index (χ0v) is 23.8. The fourth-order valence-corrected chi connectivity index (χ4v) is 3.96. The molecular formula is C29H41N3O6. The third kappa shape index (κ3) is 8.13. The molecule has 0 spiro atoms. The Balaban J connectivity index is 2.53. The van der Waals surface area contributed by atoms with Gasteiger partial charge >= 0.3 is 6.09 Å². The van der Waals surface area contributed by atoms with Crippen molar-refractivity contribution in [2.45, 2.75) is 79.1 Å². The van der Waals surface area contributed by atoms with E-state index in [1.54, 1.807) is 71.2 Å². The molecule has 208 valence electrons. The van der Waals surface area contributed by atoms with E-state index in [9.17, 15) is 19.5 Å². The van der Waals surface area contributed by atoms with Gasteiger partial charge < -0.3 is 30.1 Å². The summed E-state index contributed by atoms with van der Waals surface area (Å²) in [4.78, 5) is 41.9. The minimum absolute atomic E-state index is 0.0807. The van der Waals surface area contributed by atoms with E-state index in [1.807, 2.05) is 27.7 Å². The van der Waals surface area contributed by atoms with Gasteiger partial charge in [0.05, 0.1) is 7.11 Å². The number of methoxy groups -OCH3 is 1. The van der Waals surface area contributed by atoms with Gasteiger partial charge in [-0.1, -0.05) is 19.9 Å². The van der Waals surface area contributed by atoms with E-state index in [0.29, 0.717) is 22.6 Å². The number of benzene rings is 2. The summed E-state index contributed by atoms with van der Waals surface area (Å²) in [6.45, 7) is 14.2. The lowest BCUT2D eigenvalue weighted by atomic mass is 9.96. The molecule has 0 aromatic heterocycles. The van der Waals surface area contributed by atoms with Crippen LogP contribution in [-0.2, 0) is 14.3 Å². The predicted octanol–water partition coefficient (Wildman–Crippen LogP) is 5.18. The topological polar surface area (TPSA) is 117 Å². The molecule has 2 atom stereocenters. The van der Waals surface area contributed by atoms with Crippen molar-refractivity contribution in [3.63, 3.8) is 0 Å². The molecule has 3 amide bonds. The summed E-state index contributed by atoms with van der Waals surface area (Å²) in [5, 5.41) is 15.7. The minimum Gasteiger partial charge on any atom is -0.508 e. The smallest absolute Gasteiger partial charge is 0.408 e. The molecule has 2 unspecified atom stereocenters. The summed E-state index contributed by atoms with van der Waals surface area (Å²) in [5.74, 6) is -0.440. The first-order chi connectivity index (χ1) is 17.6. The Bertz CT molecular complexity index is 1120. The van der Waals surface area contributed by atoms with E-state index in [4.69, 9.17) is 9.47 Å². The van der Waals surface area contributed by atoms with Crippen LogP contribution < -0.4 is 15.4 Å². The van der Waals surface area contributed by atoms with Gasteiger partial charge in [-0.3, -0.25) is 9.59 Å². The van der Waals surface area contributed by atoms with Crippen molar-refractivity contribution in [3.8, 4) is 11.5 Å². The number of carbonyl (C=O) groups is 3. The number of rotatable bonds is 9. The van der Waals surface area contributed by atoms with Crippen molar-refractivity contribution in [2.24, 2.45) is 5.92 Å². The molecule has 0 saturated carbocycles. The molecule has 9 nitrogen and oxygen atoms in total. The zero-order chi connectivity index (χ0) is 28.8. The van der Waals surface area contributed by atoms with Crippen LogP contribution in [0.3, 0.4) is 0 Å². The Kier molecular flexibility index (Phi) is 10.2. The molecule has 0 saturated heterocycles. The van der Waals surface area contributed by atoms with E-state index in [2.05, 4.69) is 10.6 Å². The molecule has 2 rings (SSSR count). The number of carbonyl (C=O) groups excluding carboxylic acids is 3. The highest BCUT2D eigenvalue weighted by molar-refractivity contribution is 5.99. The SMILES string of the molecule is COc1ccc(NC(=O)C(c2ccc(O)c(C)c2)N(C(=O)C(NC(=O)OC(C)(C)C)C(C)C)C(C)C)cc1. The number of nitrogens with zero attached hydrogens (tertiary/aromatic N) is 1. The lowest BCUT2D eigenvalue weighted by Crippen LogP contribution is -2.56. The van der Waals surface area contributed by atoms with Crippen LogP contribution in [0.5, 0.6) is 11.5 Å². The molecule has 0 aliphatic carbocycles. The number of phenolic OH excluding ortho intramolecular Hbond substituents is 1. The van der Waals surface area contributed by atoms with Gasteiger partial charge in [-0.05, 0) is 95.0 Å². The highest BCUT2D eigenvalue weighted by Crippen LogP contribution is 2.30. The molecule has 2 aromatic carbocycles. The molecule has 9 heteroatoms. The molecule has 0 bridgehead atoms. The Labute approximate surface area is 225 Å². The Morgan fingerprint density at radius 1 is 0.974 bits per heavy atom. The van der Waals surface area contributed by atoms with Crippen molar-refractivity contribution in [1.82, 2.24) is 10.2 Å². The second kappa shape index (κ2) is 12.7. The van der Waals surface area contributed by atoms with E-state index in [-0.39, 0.29) is 11.7 Å². The number of ether oxygens (including phenoxy) is 2. The van der Waals surface area contributed by atoms with Crippen LogP contribution in [0.15, 0.2) is 42.5 Å². The van der Waals surface area contributed by atoms with Crippen LogP contribution in [0.2, 0.25) is 0 Å². The molecule has 38 heavy (non-hydrogen) atoms. The number of aryl methyl sites for hydroxylation is 1. The Hall–Kier alpha value is -3.75. The fourth-order valence-electron chi connectivity index (χ4n) is 3.96. The lowest BCUT2D eigenvalue weighted by Gasteiger charge is -2.38. The van der Waals surface area contributed by atoms with E-state index < -0.39 is 41.6 Å². The van der Waals surface area contributed by atoms with Gasteiger partial charge in [-0.2, -0.15) is 0 Å². The van der Waals surface area contributed by atoms with E-state index in [1.165, 1.54) is 11.0 Å². The summed E-state index contributed by atoms with van der Waals surface area (Å²) in [5.41, 5.74) is 0.873. The van der Waals surface area contributed by atoms with Crippen LogP contribution in [0.4, 0.5) is 10.5 Å². The second-order valence-corrected chi connectivity index (χ2v) is 10.9. The van der Waals surface area contributed by atoms with Crippen molar-refractivity contribution in [3.05, 3.63) is 53.6 Å². The predicted molar refractivity (Wildman–Crippen MR) is 147 cm³/mol. The quantitative estimate of drug-likeness (QED) is 0.414. The van der Waals surface area contributed by atoms with Crippen molar-refractivity contribution < 1.29 is 29.0 Å². The summed E-state index contributed by atoms with van der Waals surface area (Å²) >= 11 is 0. The highest BCUT2D eigenvalue weighted by atomic mass is 16.6. The number of nitrogens with one attached hydrogen (secondary N) is 2. The molecule has 0 radical (unpaired) electrons. The third-order valence-electron chi connectivity index (χ3n) is 5.84. The fraction of sp³-hybridized carbons (Fsp3) is 0.483. The number of aromatic hydroxyl groups is 1. The van der Waals surface area contributed by atoms with Crippen molar-refractivity contribution in [2.75, 3.05) is 12.4 Å². The highest BCUT2D eigenvalue weighted by Gasteiger charge is 2.39. The first-order valence-corrected chi connectivity index (χ1v) is 12.7. The van der Waals surface area contributed by atoms with Crippen LogP contribution in [0.25, 0.3) is 0 Å². The zero-order valence-electron chi connectivity index (χ0n) is 23.8. The number of hydrogen-bond donors (Lipinski definition) is 3. The van der Waals surface area contributed by atoms with E-state index >= 15 is 0 Å². The van der Waals surface area contributed by atoms with Crippen molar-refractivity contribution in [1.29, 1.82) is 0 Å². The number of hydrogen-bond acceptors (Lipinski definition) is 6. The monoisotopic (exact) mass is 527 g/mol. The van der Waals surface area contributed by atoms with Gasteiger partial charge in [-0.15, -0.1) is 0 Å². The average Bonchev–Trinajstić information content (AvgIpc) is 2.81. The van der Waals surface area contributed by atoms with Crippen LogP contribution in [0, 0.1) is 12.8 Å². The Morgan fingerprint density at radius 3 is 2.05 bits per heavy atom. The Morgan fingerprint density at radius 2 is 1.58 bits per heavy atom. The number of phenols is 1. The lowest BCUT2D eigenvalue weighted by molar-refractivity contribution is -0.143. The van der Waals surface area contributed by atoms with Gasteiger partial charge in [0, 0.05) is 11.7 Å². The molecular weight excluding hydrogens is 486 g/mol. The first-order valence-electron chi connectivity index (χ1n) is 12.7. The number of amides is 3. The molecule has 0 aliphatic rings. The maximum atomic E-state index is 14.0. The van der Waals surface area contributed by atoms with Crippen LogP contribution in [-0.4, -0.2) is 52.7 Å². The van der Waals surface area contributed by atoms with Gasteiger partial charge in [0.15, 0.2) is 0 Å². The molecule has 0 aliphatic heterocycles. The first kappa shape index (κ1) is 30.5. The largest absolute Gasteiger partial charge is 0.508 e. The summed E-state index contributed by atoms with van der Waals surface area (Å²) in [6.07, 6.45) is -0.715. The maximum Gasteiger partial charge on any atom is 0.408 e. The van der Waals surface area contributed by atoms with Crippen LogP contribution in [0.1, 0.15) is 65.6 Å². The third-order valence-corrected chi connectivity index (χ3v) is 5.84. The van der Waals surface area contributed by atoms with Gasteiger partial charge in [0.1, 0.15) is 29.2 Å². The molecule has 3 N–H and O–H groups in total. The molecule has 0 fully saturated rings. The summed E-state index contributed by atoms with van der Waals surface area (Å²) in [6, 6.07) is 9.26. The van der Waals surface area contributed by atoms with Gasteiger partial charge in [0.25, 0.3) is 5.91 Å². The van der Waals surface area contributed by atoms with Gasteiger partial charge in [0.2, 0.25) is 5.91 Å². The summed E-state index contributed by atoms with van der Waals surface area (Å²) < 4.78 is 10.6. The standard InChI is InChI=1S/C29H41N3O6/c1-17(2)24(31-28(36)38-29(6,7)8)27(35)32(18(3)4)25(20-10-15-23(33)19(5)16-20)26(34)30-21-11-13-22(37-9)14-12-21/h10-18,24-25,33H,1-9H3,(H,30,34)(H,31,36). The average molecular weight is 528 g/mol. The number of anilines is 1.